The standard InChI is InChI=1S/C24H22Cl2FN5O3S/c1-24(2,30-20(33)21-28-6-7-36-21)23(35)29-17-12-32(16-9-13(25)8-14(26)10-16)18-5-4-15(27)11-19(18)31(3)22(17)34/h4-11,17H,12H2,1-3H3,(H,29,35)(H,30,33)/t17-/m1/s1. The summed E-state index contributed by atoms with van der Waals surface area (Å²) in [4.78, 5) is 46.1. The number of nitrogens with zero attached hydrogens (tertiary/aromatic N) is 3. The third-order valence-corrected chi connectivity index (χ3v) is 6.88. The van der Waals surface area contributed by atoms with Gasteiger partial charge in [0.25, 0.3) is 11.8 Å². The van der Waals surface area contributed by atoms with E-state index in [2.05, 4.69) is 15.6 Å². The summed E-state index contributed by atoms with van der Waals surface area (Å²) in [6, 6.07) is 7.92. The summed E-state index contributed by atoms with van der Waals surface area (Å²) < 4.78 is 14.2. The summed E-state index contributed by atoms with van der Waals surface area (Å²) in [6.07, 6.45) is 1.49. The van der Waals surface area contributed by atoms with Crippen molar-refractivity contribution in [2.45, 2.75) is 25.4 Å². The van der Waals surface area contributed by atoms with Gasteiger partial charge >= 0.3 is 0 Å². The number of carbonyl (C=O) groups is 3. The highest BCUT2D eigenvalue weighted by Crippen LogP contribution is 2.39. The van der Waals surface area contributed by atoms with Crippen LogP contribution in [0.1, 0.15) is 23.6 Å². The average molecular weight is 550 g/mol. The van der Waals surface area contributed by atoms with Crippen molar-refractivity contribution in [1.29, 1.82) is 0 Å². The van der Waals surface area contributed by atoms with Gasteiger partial charge in [-0.2, -0.15) is 0 Å². The predicted octanol–water partition coefficient (Wildman–Crippen LogP) is 4.40. The van der Waals surface area contributed by atoms with Crippen LogP contribution < -0.4 is 20.4 Å². The van der Waals surface area contributed by atoms with Crippen molar-refractivity contribution >= 4 is 69.3 Å². The third kappa shape index (κ3) is 5.30. The number of hydrogen-bond acceptors (Lipinski definition) is 6. The number of hydrogen-bond donors (Lipinski definition) is 2. The van der Waals surface area contributed by atoms with Gasteiger partial charge in [0, 0.05) is 34.4 Å². The van der Waals surface area contributed by atoms with Gasteiger partial charge in [-0.1, -0.05) is 23.2 Å². The molecule has 188 valence electrons. The Morgan fingerprint density at radius 3 is 2.47 bits per heavy atom. The van der Waals surface area contributed by atoms with Crippen LogP contribution in [0.15, 0.2) is 48.0 Å². The minimum Gasteiger partial charge on any atom is -0.341 e. The van der Waals surface area contributed by atoms with E-state index >= 15 is 0 Å². The van der Waals surface area contributed by atoms with Gasteiger partial charge in [-0.05, 0) is 50.2 Å². The molecule has 0 radical (unpaired) electrons. The van der Waals surface area contributed by atoms with Crippen LogP contribution in [0.4, 0.5) is 21.5 Å². The number of amides is 3. The molecule has 0 saturated heterocycles. The van der Waals surface area contributed by atoms with E-state index in [-0.39, 0.29) is 11.6 Å². The van der Waals surface area contributed by atoms with Gasteiger partial charge in [-0.25, -0.2) is 9.37 Å². The van der Waals surface area contributed by atoms with Crippen molar-refractivity contribution in [2.75, 3.05) is 23.4 Å². The van der Waals surface area contributed by atoms with Crippen LogP contribution in [-0.4, -0.2) is 47.9 Å². The summed E-state index contributed by atoms with van der Waals surface area (Å²) in [7, 11) is 1.50. The lowest BCUT2D eigenvalue weighted by molar-refractivity contribution is -0.130. The zero-order valence-electron chi connectivity index (χ0n) is 19.5. The van der Waals surface area contributed by atoms with E-state index in [1.54, 1.807) is 34.5 Å². The molecule has 0 saturated carbocycles. The largest absolute Gasteiger partial charge is 0.341 e. The fourth-order valence-corrected chi connectivity index (χ4v) is 4.87. The molecule has 8 nitrogen and oxygen atoms in total. The molecule has 1 aliphatic rings. The Morgan fingerprint density at radius 2 is 1.83 bits per heavy atom. The molecule has 3 amide bonds. The van der Waals surface area contributed by atoms with Crippen molar-refractivity contribution in [2.24, 2.45) is 0 Å². The predicted molar refractivity (Wildman–Crippen MR) is 139 cm³/mol. The van der Waals surface area contributed by atoms with E-state index in [4.69, 9.17) is 23.2 Å². The number of fused-ring (bicyclic) bond motifs is 1. The molecule has 1 atom stereocenters. The van der Waals surface area contributed by atoms with Gasteiger partial charge in [0.1, 0.15) is 17.4 Å². The van der Waals surface area contributed by atoms with E-state index in [0.29, 0.717) is 27.1 Å². The number of thiazole rings is 1. The summed E-state index contributed by atoms with van der Waals surface area (Å²) in [5.41, 5.74) is 0.0266. The summed E-state index contributed by atoms with van der Waals surface area (Å²) in [5.74, 6) is -2.08. The van der Waals surface area contributed by atoms with E-state index in [9.17, 15) is 18.8 Å². The van der Waals surface area contributed by atoms with Gasteiger partial charge < -0.3 is 20.4 Å². The van der Waals surface area contributed by atoms with Crippen molar-refractivity contribution < 1.29 is 18.8 Å². The van der Waals surface area contributed by atoms with Crippen molar-refractivity contribution in [3.05, 3.63) is 68.8 Å². The number of likely N-dealkylation sites (N-methyl/N-ethyl adjacent to an activating group) is 1. The molecule has 1 aromatic heterocycles. The molecular formula is C24H22Cl2FN5O3S. The number of aromatic nitrogens is 1. The lowest BCUT2D eigenvalue weighted by Crippen LogP contribution is -2.60. The Kier molecular flexibility index (Phi) is 7.21. The van der Waals surface area contributed by atoms with Gasteiger partial charge in [0.05, 0.1) is 17.9 Å². The second kappa shape index (κ2) is 10.0. The maximum absolute atomic E-state index is 14.2. The molecule has 36 heavy (non-hydrogen) atoms. The number of rotatable bonds is 5. The monoisotopic (exact) mass is 549 g/mol. The Bertz CT molecular complexity index is 1320. The Labute approximate surface area is 221 Å². The average Bonchev–Trinajstić information content (AvgIpc) is 3.32. The minimum absolute atomic E-state index is 0.000718. The van der Waals surface area contributed by atoms with Crippen LogP contribution in [0, 0.1) is 5.82 Å². The highest BCUT2D eigenvalue weighted by molar-refractivity contribution is 7.11. The first kappa shape index (κ1) is 25.9. The number of anilines is 3. The van der Waals surface area contributed by atoms with Crippen LogP contribution in [-0.2, 0) is 9.59 Å². The first-order valence-corrected chi connectivity index (χ1v) is 12.4. The van der Waals surface area contributed by atoms with E-state index in [0.717, 1.165) is 11.3 Å². The molecule has 1 aliphatic heterocycles. The fraction of sp³-hybridized carbons (Fsp3) is 0.250. The van der Waals surface area contributed by atoms with Crippen LogP contribution in [0.25, 0.3) is 0 Å². The van der Waals surface area contributed by atoms with Gasteiger partial charge in [-0.3, -0.25) is 14.4 Å². The molecule has 3 aromatic rings. The highest BCUT2D eigenvalue weighted by atomic mass is 35.5. The zero-order valence-corrected chi connectivity index (χ0v) is 21.8. The fourth-order valence-electron chi connectivity index (χ4n) is 3.82. The highest BCUT2D eigenvalue weighted by Gasteiger charge is 2.38. The maximum Gasteiger partial charge on any atom is 0.281 e. The summed E-state index contributed by atoms with van der Waals surface area (Å²) >= 11 is 13.6. The maximum atomic E-state index is 14.2. The summed E-state index contributed by atoms with van der Waals surface area (Å²) in [6.45, 7) is 3.05. The second-order valence-electron chi connectivity index (χ2n) is 8.71. The second-order valence-corrected chi connectivity index (χ2v) is 10.5. The lowest BCUT2D eigenvalue weighted by Gasteiger charge is -2.30. The van der Waals surface area contributed by atoms with E-state index in [1.807, 2.05) is 0 Å². The smallest absolute Gasteiger partial charge is 0.281 e. The summed E-state index contributed by atoms with van der Waals surface area (Å²) in [5, 5.41) is 8.00. The number of carbonyl (C=O) groups excluding carboxylic acids is 3. The van der Waals surface area contributed by atoms with Crippen molar-refractivity contribution in [3.63, 3.8) is 0 Å². The minimum atomic E-state index is -1.36. The van der Waals surface area contributed by atoms with E-state index < -0.39 is 35.1 Å². The third-order valence-electron chi connectivity index (χ3n) is 5.67. The number of halogens is 3. The first-order chi connectivity index (χ1) is 17.0. The molecule has 0 spiro atoms. The Morgan fingerprint density at radius 1 is 1.14 bits per heavy atom. The molecule has 2 N–H and O–H groups in total. The molecule has 2 heterocycles. The molecule has 0 fully saturated rings. The van der Waals surface area contributed by atoms with Crippen LogP contribution in [0.3, 0.4) is 0 Å². The van der Waals surface area contributed by atoms with Crippen LogP contribution >= 0.6 is 34.5 Å². The number of benzene rings is 2. The normalized spacial score (nSPS) is 15.8. The van der Waals surface area contributed by atoms with Crippen molar-refractivity contribution in [3.8, 4) is 0 Å². The molecule has 0 bridgehead atoms. The Balaban J connectivity index is 1.66. The molecular weight excluding hydrogens is 528 g/mol. The molecule has 0 unspecified atom stereocenters. The zero-order chi connectivity index (χ0) is 26.2. The van der Waals surface area contributed by atoms with Crippen molar-refractivity contribution in [1.82, 2.24) is 15.6 Å². The molecule has 0 aliphatic carbocycles. The van der Waals surface area contributed by atoms with Gasteiger partial charge in [0.15, 0.2) is 5.01 Å². The van der Waals surface area contributed by atoms with Crippen LogP contribution in [0.2, 0.25) is 10.0 Å². The van der Waals surface area contributed by atoms with E-state index in [1.165, 1.54) is 44.1 Å². The topological polar surface area (TPSA) is 94.6 Å². The van der Waals surface area contributed by atoms with Gasteiger partial charge in [-0.15, -0.1) is 11.3 Å². The molecule has 12 heteroatoms. The lowest BCUT2D eigenvalue weighted by atomic mass is 10.0. The molecule has 2 aromatic carbocycles. The first-order valence-electron chi connectivity index (χ1n) is 10.8. The van der Waals surface area contributed by atoms with Crippen LogP contribution in [0.5, 0.6) is 0 Å². The quantitative estimate of drug-likeness (QED) is 0.492. The Hall–Kier alpha value is -3.21. The molecule has 4 rings (SSSR count). The SMILES string of the molecule is CN1C(=O)[C@H](NC(=O)C(C)(C)NC(=O)c2nccs2)CN(c2cc(Cl)cc(Cl)c2)c2ccc(F)cc21. The van der Waals surface area contributed by atoms with Gasteiger partial charge in [0.2, 0.25) is 5.91 Å². The number of nitrogens with one attached hydrogen (secondary N) is 2.